The normalized spacial score (nSPS) is 29.6. The number of urea groups is 1. The average Bonchev–Trinajstić information content (AvgIpc) is 2.84. The maximum Gasteiger partial charge on any atom is 0.325 e. The predicted octanol–water partition coefficient (Wildman–Crippen LogP) is 1.61. The third-order valence-corrected chi connectivity index (χ3v) is 5.25. The predicted molar refractivity (Wildman–Crippen MR) is 71.7 cm³/mol. The molecule has 0 aromatic heterocycles. The fourth-order valence-electron chi connectivity index (χ4n) is 2.36. The molecule has 0 aromatic carbocycles. The fourth-order valence-corrected chi connectivity index (χ4v) is 4.40. The van der Waals surface area contributed by atoms with Crippen molar-refractivity contribution in [3.8, 4) is 0 Å². The quantitative estimate of drug-likeness (QED) is 0.607. The van der Waals surface area contributed by atoms with Crippen LogP contribution >= 0.6 is 20.1 Å². The van der Waals surface area contributed by atoms with Crippen LogP contribution in [0.3, 0.4) is 0 Å². The number of fused-ring (bicyclic) bond motifs is 1. The van der Waals surface area contributed by atoms with E-state index in [1.807, 2.05) is 0 Å². The van der Waals surface area contributed by atoms with E-state index in [0.717, 1.165) is 0 Å². The molecule has 9 heteroatoms. The van der Waals surface area contributed by atoms with Crippen LogP contribution in [0.2, 0.25) is 0 Å². The van der Waals surface area contributed by atoms with Crippen molar-refractivity contribution >= 4 is 37.8 Å². The van der Waals surface area contributed by atoms with E-state index in [2.05, 4.69) is 10.1 Å². The van der Waals surface area contributed by atoms with E-state index in [4.69, 9.17) is 5.11 Å². The smallest absolute Gasteiger partial charge is 0.325 e. The lowest BCUT2D eigenvalue weighted by Crippen LogP contribution is -2.39. The first kappa shape index (κ1) is 14.3. The molecule has 2 rings (SSSR count). The summed E-state index contributed by atoms with van der Waals surface area (Å²) in [5.74, 6) is -0.192. The highest BCUT2D eigenvalue weighted by atomic mass is 32.2. The Morgan fingerprint density at radius 3 is 3.00 bits per heavy atom. The molecule has 0 aliphatic carbocycles. The Kier molecular flexibility index (Phi) is 4.42. The van der Waals surface area contributed by atoms with E-state index >= 15 is 0 Å². The SMILES string of the molecule is C/N=P/C(=O)N1C(=O)NC2C(CCC(=O)O)SCC21. The molecular weight excluding hydrogens is 289 g/mol. The third-order valence-electron chi connectivity index (χ3n) is 3.17. The van der Waals surface area contributed by atoms with Gasteiger partial charge >= 0.3 is 12.0 Å². The number of carbonyl (C=O) groups excluding carboxylic acids is 2. The monoisotopic (exact) mass is 303 g/mol. The van der Waals surface area contributed by atoms with Crippen LogP contribution in [-0.4, -0.2) is 57.8 Å². The van der Waals surface area contributed by atoms with E-state index in [1.165, 1.54) is 11.9 Å². The number of rotatable bonds is 4. The maximum absolute atomic E-state index is 11.8. The van der Waals surface area contributed by atoms with E-state index in [0.29, 0.717) is 12.2 Å². The second kappa shape index (κ2) is 5.88. The minimum atomic E-state index is -0.843. The molecule has 2 saturated heterocycles. The maximum atomic E-state index is 11.8. The molecule has 2 aliphatic heterocycles. The number of imide groups is 1. The van der Waals surface area contributed by atoms with Gasteiger partial charge in [0.05, 0.1) is 12.1 Å². The molecule has 0 radical (unpaired) electrons. The number of hydrogen-bond acceptors (Lipinski definition) is 5. The molecule has 3 amide bonds. The number of thioether (sulfide) groups is 1. The summed E-state index contributed by atoms with van der Waals surface area (Å²) in [6.45, 7) is 0. The van der Waals surface area contributed by atoms with Crippen molar-refractivity contribution in [2.24, 2.45) is 4.74 Å². The Morgan fingerprint density at radius 1 is 1.63 bits per heavy atom. The van der Waals surface area contributed by atoms with E-state index in [1.54, 1.807) is 11.8 Å². The first-order valence-corrected chi connectivity index (χ1v) is 7.71. The molecule has 2 heterocycles. The zero-order chi connectivity index (χ0) is 14.0. The molecule has 7 nitrogen and oxygen atoms in total. The van der Waals surface area contributed by atoms with Gasteiger partial charge in [-0.15, -0.1) is 0 Å². The molecule has 104 valence electrons. The number of amides is 3. The summed E-state index contributed by atoms with van der Waals surface area (Å²) in [5.41, 5.74) is -0.327. The van der Waals surface area contributed by atoms with Crippen LogP contribution in [0.1, 0.15) is 12.8 Å². The van der Waals surface area contributed by atoms with Gasteiger partial charge in [0.25, 0.3) is 5.65 Å². The first-order chi connectivity index (χ1) is 9.04. The zero-order valence-electron chi connectivity index (χ0n) is 10.3. The summed E-state index contributed by atoms with van der Waals surface area (Å²) in [6, 6.07) is -0.720. The second-order valence-corrected chi connectivity index (χ2v) is 6.55. The number of nitrogens with one attached hydrogen (secondary N) is 1. The Balaban J connectivity index is 2.04. The molecule has 0 saturated carbocycles. The largest absolute Gasteiger partial charge is 0.481 e. The van der Waals surface area contributed by atoms with Crippen molar-refractivity contribution in [3.63, 3.8) is 0 Å². The molecule has 0 spiro atoms. The van der Waals surface area contributed by atoms with Crippen LogP contribution in [0.4, 0.5) is 9.59 Å². The molecule has 19 heavy (non-hydrogen) atoms. The topological polar surface area (TPSA) is 99.1 Å². The summed E-state index contributed by atoms with van der Waals surface area (Å²) in [7, 11) is 1.77. The van der Waals surface area contributed by atoms with Crippen LogP contribution in [0.25, 0.3) is 0 Å². The van der Waals surface area contributed by atoms with Gasteiger partial charge in [0, 0.05) is 24.5 Å². The Morgan fingerprint density at radius 2 is 2.37 bits per heavy atom. The lowest BCUT2D eigenvalue weighted by atomic mass is 10.0. The Hall–Kier alpha value is -1.14. The molecule has 3 atom stereocenters. The highest BCUT2D eigenvalue weighted by molar-refractivity contribution is 8.00. The molecule has 3 unspecified atom stereocenters. The standard InChI is InChI=1S/C10H14N3O4PS/c1-11-18-10(17)13-5-4-19-6(2-3-7(14)15)8(5)12-9(13)16/h5-6,8H,2-4H2,1H3,(H,12,16)(H,14,15). The van der Waals surface area contributed by atoms with Crippen molar-refractivity contribution in [3.05, 3.63) is 0 Å². The summed E-state index contributed by atoms with van der Waals surface area (Å²) in [6.07, 6.45) is 0.576. The molecule has 0 bridgehead atoms. The highest BCUT2D eigenvalue weighted by Crippen LogP contribution is 2.37. The lowest BCUT2D eigenvalue weighted by molar-refractivity contribution is -0.137. The lowest BCUT2D eigenvalue weighted by Gasteiger charge is -2.17. The number of hydrogen-bond donors (Lipinski definition) is 2. The van der Waals surface area contributed by atoms with Crippen LogP contribution in [-0.2, 0) is 4.79 Å². The van der Waals surface area contributed by atoms with Gasteiger partial charge in [-0.3, -0.25) is 14.3 Å². The number of carbonyl (C=O) groups is 3. The van der Waals surface area contributed by atoms with Gasteiger partial charge in [-0.1, -0.05) is 0 Å². The second-order valence-electron chi connectivity index (χ2n) is 4.30. The van der Waals surface area contributed by atoms with Gasteiger partial charge in [0.15, 0.2) is 0 Å². The summed E-state index contributed by atoms with van der Waals surface area (Å²) in [4.78, 5) is 35.5. The molecule has 2 aliphatic rings. The van der Waals surface area contributed by atoms with Crippen LogP contribution in [0, 0.1) is 0 Å². The van der Waals surface area contributed by atoms with Gasteiger partial charge in [0.2, 0.25) is 0 Å². The van der Waals surface area contributed by atoms with Gasteiger partial charge < -0.3 is 10.4 Å². The van der Waals surface area contributed by atoms with Crippen LogP contribution in [0.15, 0.2) is 4.74 Å². The third kappa shape index (κ3) is 2.90. The van der Waals surface area contributed by atoms with E-state index in [-0.39, 0.29) is 37.8 Å². The van der Waals surface area contributed by atoms with Gasteiger partial charge in [0.1, 0.15) is 8.37 Å². The summed E-state index contributed by atoms with van der Waals surface area (Å²) >= 11 is 1.61. The van der Waals surface area contributed by atoms with Crippen molar-refractivity contribution in [2.75, 3.05) is 12.8 Å². The van der Waals surface area contributed by atoms with Gasteiger partial charge in [-0.2, -0.15) is 11.8 Å². The van der Waals surface area contributed by atoms with Gasteiger partial charge in [-0.05, 0) is 6.42 Å². The number of carboxylic acid groups (broad SMARTS) is 1. The Labute approximate surface area is 116 Å². The van der Waals surface area contributed by atoms with Crippen molar-refractivity contribution in [1.82, 2.24) is 10.2 Å². The van der Waals surface area contributed by atoms with E-state index < -0.39 is 12.0 Å². The van der Waals surface area contributed by atoms with Crippen LogP contribution in [0.5, 0.6) is 0 Å². The Bertz CT molecular complexity index is 444. The number of aliphatic carboxylic acids is 1. The van der Waals surface area contributed by atoms with Crippen molar-refractivity contribution in [2.45, 2.75) is 30.2 Å². The summed E-state index contributed by atoms with van der Waals surface area (Å²) < 4.78 is 3.72. The molecule has 0 aromatic rings. The minimum absolute atomic E-state index is 0.0538. The van der Waals surface area contributed by atoms with E-state index in [9.17, 15) is 14.4 Å². The fraction of sp³-hybridized carbons (Fsp3) is 0.700. The highest BCUT2D eigenvalue weighted by Gasteiger charge is 2.50. The number of nitrogens with zero attached hydrogens (tertiary/aromatic N) is 2. The first-order valence-electron chi connectivity index (χ1n) is 5.81. The summed E-state index contributed by atoms with van der Waals surface area (Å²) in [5, 5.41) is 11.5. The zero-order valence-corrected chi connectivity index (χ0v) is 12.0. The molecule has 2 N–H and O–H groups in total. The van der Waals surface area contributed by atoms with Crippen molar-refractivity contribution < 1.29 is 19.5 Å². The van der Waals surface area contributed by atoms with Gasteiger partial charge in [-0.25, -0.2) is 9.69 Å². The number of carboxylic acids is 1. The average molecular weight is 303 g/mol. The van der Waals surface area contributed by atoms with Crippen molar-refractivity contribution in [1.29, 1.82) is 0 Å². The minimum Gasteiger partial charge on any atom is -0.481 e. The molecular formula is C10H14N3O4PS. The van der Waals surface area contributed by atoms with Crippen LogP contribution < -0.4 is 5.32 Å². The molecule has 2 fully saturated rings.